The standard InChI is InChI=1S/C23H18ClF5N2O4S2/c24-20-7-8-21(36-20)37(33,34)31-13-22(25,26)12-18(31)19(32)6-3-16-11-15(9-10-30-16)14-1-4-17(5-2-14)35-23(27,28)29/h1-2,4-5,7-11,18H,3,6,12-13H2/t18-/m0/s1. The zero-order valence-electron chi connectivity index (χ0n) is 18.7. The molecule has 0 bridgehead atoms. The number of aryl methyl sites for hydroxylation is 1. The van der Waals surface area contributed by atoms with E-state index in [0.717, 1.165) is 12.1 Å². The number of alkyl halides is 5. The number of aromatic nitrogens is 1. The molecule has 1 aliphatic rings. The Bertz CT molecular complexity index is 1390. The monoisotopic (exact) mass is 580 g/mol. The molecule has 3 heterocycles. The Labute approximate surface area is 217 Å². The third-order valence-electron chi connectivity index (χ3n) is 5.58. The topological polar surface area (TPSA) is 76.6 Å². The summed E-state index contributed by atoms with van der Waals surface area (Å²) in [6.07, 6.45) is -4.50. The second-order valence-electron chi connectivity index (χ2n) is 8.26. The van der Waals surface area contributed by atoms with Crippen LogP contribution in [0.5, 0.6) is 5.75 Å². The third kappa shape index (κ3) is 6.64. The zero-order valence-corrected chi connectivity index (χ0v) is 21.1. The minimum Gasteiger partial charge on any atom is -0.406 e. The highest BCUT2D eigenvalue weighted by Gasteiger charge is 2.52. The number of Topliss-reactive ketones (excluding diaryl/α,β-unsaturated/α-hetero) is 1. The molecule has 0 saturated carbocycles. The Kier molecular flexibility index (Phi) is 7.62. The molecule has 37 heavy (non-hydrogen) atoms. The van der Waals surface area contributed by atoms with Crippen LogP contribution in [0.2, 0.25) is 4.34 Å². The Morgan fingerprint density at radius 1 is 1.14 bits per heavy atom. The quantitative estimate of drug-likeness (QED) is 0.307. The van der Waals surface area contributed by atoms with Crippen molar-refractivity contribution in [2.45, 2.75) is 41.8 Å². The fraction of sp³-hybridized carbons (Fsp3) is 0.304. The molecule has 14 heteroatoms. The highest BCUT2D eigenvalue weighted by molar-refractivity contribution is 7.91. The van der Waals surface area contributed by atoms with Gasteiger partial charge in [-0.3, -0.25) is 9.78 Å². The van der Waals surface area contributed by atoms with Crippen molar-refractivity contribution in [3.05, 3.63) is 64.8 Å². The van der Waals surface area contributed by atoms with E-state index in [0.29, 0.717) is 32.5 Å². The van der Waals surface area contributed by atoms with Gasteiger partial charge in [0.15, 0.2) is 5.78 Å². The van der Waals surface area contributed by atoms with Crippen molar-refractivity contribution in [3.63, 3.8) is 0 Å². The van der Waals surface area contributed by atoms with E-state index in [1.54, 1.807) is 12.1 Å². The van der Waals surface area contributed by atoms with E-state index in [1.165, 1.54) is 30.5 Å². The summed E-state index contributed by atoms with van der Waals surface area (Å²) in [5, 5.41) is 0. The number of halogens is 6. The van der Waals surface area contributed by atoms with Crippen LogP contribution >= 0.6 is 22.9 Å². The van der Waals surface area contributed by atoms with Gasteiger partial charge in [0.2, 0.25) is 0 Å². The van der Waals surface area contributed by atoms with E-state index in [1.807, 2.05) is 0 Å². The maximum Gasteiger partial charge on any atom is 0.573 e. The number of hydrogen-bond acceptors (Lipinski definition) is 6. The molecule has 0 N–H and O–H groups in total. The first-order valence-corrected chi connectivity index (χ1v) is 13.4. The van der Waals surface area contributed by atoms with Gasteiger partial charge in [0.05, 0.1) is 16.9 Å². The van der Waals surface area contributed by atoms with E-state index in [-0.39, 0.29) is 27.1 Å². The molecule has 6 nitrogen and oxygen atoms in total. The summed E-state index contributed by atoms with van der Waals surface area (Å²) in [6, 6.07) is 9.38. The van der Waals surface area contributed by atoms with E-state index in [9.17, 15) is 35.2 Å². The molecule has 1 aromatic carbocycles. The molecule has 0 radical (unpaired) electrons. The summed E-state index contributed by atoms with van der Waals surface area (Å²) >= 11 is 6.51. The number of carbonyl (C=O) groups excluding carboxylic acids is 1. The molecular weight excluding hydrogens is 563 g/mol. The van der Waals surface area contributed by atoms with Gasteiger partial charge in [-0.2, -0.15) is 4.31 Å². The molecule has 0 aliphatic carbocycles. The minimum absolute atomic E-state index is 0.0444. The van der Waals surface area contributed by atoms with Gasteiger partial charge in [0, 0.05) is 24.7 Å². The molecule has 0 spiro atoms. The van der Waals surface area contributed by atoms with E-state index in [4.69, 9.17) is 11.6 Å². The molecule has 1 aliphatic heterocycles. The van der Waals surface area contributed by atoms with Crippen molar-refractivity contribution >= 4 is 38.7 Å². The van der Waals surface area contributed by atoms with Crippen LogP contribution in [0.25, 0.3) is 11.1 Å². The van der Waals surface area contributed by atoms with Crippen LogP contribution in [-0.2, 0) is 21.2 Å². The number of hydrogen-bond donors (Lipinski definition) is 0. The van der Waals surface area contributed by atoms with Crippen molar-refractivity contribution in [1.82, 2.24) is 9.29 Å². The van der Waals surface area contributed by atoms with Gasteiger partial charge in [-0.25, -0.2) is 17.2 Å². The van der Waals surface area contributed by atoms with Gasteiger partial charge in [0.1, 0.15) is 9.96 Å². The molecule has 4 rings (SSSR count). The Morgan fingerprint density at radius 2 is 1.84 bits per heavy atom. The number of ether oxygens (including phenoxy) is 1. The summed E-state index contributed by atoms with van der Waals surface area (Å²) in [7, 11) is -4.35. The zero-order chi connectivity index (χ0) is 27.0. The van der Waals surface area contributed by atoms with Gasteiger partial charge in [-0.15, -0.1) is 24.5 Å². The Hall–Kier alpha value is -2.61. The summed E-state index contributed by atoms with van der Waals surface area (Å²) in [5.74, 6) is -4.42. The van der Waals surface area contributed by atoms with Gasteiger partial charge >= 0.3 is 6.36 Å². The fourth-order valence-electron chi connectivity index (χ4n) is 3.93. The van der Waals surface area contributed by atoms with Crippen molar-refractivity contribution in [2.75, 3.05) is 6.54 Å². The third-order valence-corrected chi connectivity index (χ3v) is 9.13. The summed E-state index contributed by atoms with van der Waals surface area (Å²) in [4.78, 5) is 17.1. The SMILES string of the molecule is O=C(CCc1cc(-c2ccc(OC(F)(F)F)cc2)ccn1)[C@@H]1CC(F)(F)CN1S(=O)(=O)c1ccc(Cl)s1. The smallest absolute Gasteiger partial charge is 0.406 e. The van der Waals surface area contributed by atoms with Crippen LogP contribution < -0.4 is 4.74 Å². The largest absolute Gasteiger partial charge is 0.573 e. The van der Waals surface area contributed by atoms with Crippen molar-refractivity contribution < 1.29 is 39.9 Å². The average Bonchev–Trinajstić information content (AvgIpc) is 3.40. The number of rotatable bonds is 8. The van der Waals surface area contributed by atoms with Gasteiger partial charge < -0.3 is 4.74 Å². The number of pyridine rings is 1. The fourth-order valence-corrected chi connectivity index (χ4v) is 7.18. The van der Waals surface area contributed by atoms with Crippen LogP contribution in [0.3, 0.4) is 0 Å². The predicted molar refractivity (Wildman–Crippen MR) is 126 cm³/mol. The summed E-state index contributed by atoms with van der Waals surface area (Å²) < 4.78 is 95.7. The number of nitrogens with zero attached hydrogens (tertiary/aromatic N) is 2. The normalized spacial score (nSPS) is 18.2. The molecule has 1 saturated heterocycles. The molecule has 1 atom stereocenters. The summed E-state index contributed by atoms with van der Waals surface area (Å²) in [5.41, 5.74) is 1.58. The second kappa shape index (κ2) is 10.3. The summed E-state index contributed by atoms with van der Waals surface area (Å²) in [6.45, 7) is -1.11. The number of sulfonamides is 1. The highest BCUT2D eigenvalue weighted by Crippen LogP contribution is 2.39. The van der Waals surface area contributed by atoms with Crippen LogP contribution in [0.15, 0.2) is 58.9 Å². The van der Waals surface area contributed by atoms with Crippen LogP contribution in [0, 0.1) is 0 Å². The lowest BCUT2D eigenvalue weighted by Crippen LogP contribution is -2.40. The highest BCUT2D eigenvalue weighted by atomic mass is 35.5. The van der Waals surface area contributed by atoms with Crippen LogP contribution in [0.1, 0.15) is 18.5 Å². The van der Waals surface area contributed by atoms with Crippen molar-refractivity contribution in [1.29, 1.82) is 0 Å². The lowest BCUT2D eigenvalue weighted by atomic mass is 10.0. The second-order valence-corrected chi connectivity index (χ2v) is 12.1. The van der Waals surface area contributed by atoms with E-state index in [2.05, 4.69) is 9.72 Å². The maximum absolute atomic E-state index is 14.2. The molecule has 1 fully saturated rings. The van der Waals surface area contributed by atoms with Gasteiger partial charge in [0.25, 0.3) is 15.9 Å². The number of ketones is 1. The lowest BCUT2D eigenvalue weighted by Gasteiger charge is -2.21. The first kappa shape index (κ1) is 27.4. The van der Waals surface area contributed by atoms with E-state index < -0.39 is 47.1 Å². The van der Waals surface area contributed by atoms with Gasteiger partial charge in [-0.05, 0) is 53.9 Å². The molecule has 3 aromatic rings. The average molecular weight is 581 g/mol. The maximum atomic E-state index is 14.2. The minimum atomic E-state index is -4.81. The number of carbonyl (C=O) groups is 1. The first-order valence-electron chi connectivity index (χ1n) is 10.7. The Morgan fingerprint density at radius 3 is 2.46 bits per heavy atom. The molecule has 0 unspecified atom stereocenters. The molecular formula is C23H18ClF5N2O4S2. The predicted octanol–water partition coefficient (Wildman–Crippen LogP) is 5.96. The van der Waals surface area contributed by atoms with Crippen molar-refractivity contribution in [2.24, 2.45) is 0 Å². The molecule has 0 amide bonds. The first-order chi connectivity index (χ1) is 17.2. The van der Waals surface area contributed by atoms with Crippen LogP contribution in [-0.4, -0.2) is 48.4 Å². The Balaban J connectivity index is 1.46. The molecule has 2 aromatic heterocycles. The van der Waals surface area contributed by atoms with Crippen molar-refractivity contribution in [3.8, 4) is 16.9 Å². The lowest BCUT2D eigenvalue weighted by molar-refractivity contribution is -0.274. The van der Waals surface area contributed by atoms with E-state index >= 15 is 0 Å². The number of benzene rings is 1. The number of thiophene rings is 1. The van der Waals surface area contributed by atoms with Gasteiger partial charge in [-0.1, -0.05) is 23.7 Å². The van der Waals surface area contributed by atoms with Crippen LogP contribution in [0.4, 0.5) is 22.0 Å². The molecule has 198 valence electrons.